The zero-order valence-corrected chi connectivity index (χ0v) is 16.8. The van der Waals surface area contributed by atoms with Crippen molar-refractivity contribution < 1.29 is 14.3 Å². The third-order valence-corrected chi connectivity index (χ3v) is 5.28. The van der Waals surface area contributed by atoms with E-state index < -0.39 is 0 Å². The topological polar surface area (TPSA) is 89.4 Å². The molecule has 1 N–H and O–H groups in total. The molecule has 1 saturated heterocycles. The fraction of sp³-hybridized carbons (Fsp3) is 0.474. The predicted octanol–water partition coefficient (Wildman–Crippen LogP) is 1.36. The smallest absolute Gasteiger partial charge is 0.276 e. The Morgan fingerprint density at radius 1 is 1.21 bits per heavy atom. The van der Waals surface area contributed by atoms with Crippen LogP contribution in [-0.2, 0) is 11.3 Å². The van der Waals surface area contributed by atoms with Gasteiger partial charge >= 0.3 is 0 Å². The van der Waals surface area contributed by atoms with E-state index in [9.17, 15) is 9.59 Å². The van der Waals surface area contributed by atoms with Crippen LogP contribution in [0.2, 0.25) is 0 Å². The quantitative estimate of drug-likeness (QED) is 0.670. The number of carbonyl (C=O) groups is 2. The molecule has 0 unspecified atom stereocenters. The number of ether oxygens (including phenoxy) is 1. The van der Waals surface area contributed by atoms with E-state index in [0.29, 0.717) is 31.0 Å². The molecule has 3 rings (SSSR count). The minimum Gasteiger partial charge on any atom is -0.484 e. The highest BCUT2D eigenvalue weighted by molar-refractivity contribution is 7.99. The second-order valence-corrected chi connectivity index (χ2v) is 7.80. The lowest BCUT2D eigenvalue weighted by Crippen LogP contribution is -2.38. The lowest BCUT2D eigenvalue weighted by atomic mass is 10.2. The van der Waals surface area contributed by atoms with Crippen molar-refractivity contribution in [1.82, 2.24) is 25.2 Å². The van der Waals surface area contributed by atoms with Crippen molar-refractivity contribution in [3.05, 3.63) is 41.7 Å². The molecule has 2 amide bonds. The lowest BCUT2D eigenvalue weighted by molar-refractivity contribution is -0.123. The molecule has 1 aliphatic rings. The van der Waals surface area contributed by atoms with Crippen LogP contribution in [0.4, 0.5) is 0 Å². The highest BCUT2D eigenvalue weighted by Crippen LogP contribution is 2.12. The summed E-state index contributed by atoms with van der Waals surface area (Å²) >= 11 is 1.86. The van der Waals surface area contributed by atoms with Gasteiger partial charge in [0.05, 0.1) is 6.20 Å². The summed E-state index contributed by atoms with van der Waals surface area (Å²) in [4.78, 5) is 26.0. The number of carbonyl (C=O) groups excluding carboxylic acids is 2. The summed E-state index contributed by atoms with van der Waals surface area (Å²) in [5.41, 5.74) is 1.52. The minimum absolute atomic E-state index is 0.0147. The van der Waals surface area contributed by atoms with Crippen LogP contribution in [0.15, 0.2) is 30.5 Å². The van der Waals surface area contributed by atoms with Gasteiger partial charge in [0, 0.05) is 37.7 Å². The molecule has 1 aromatic carbocycles. The van der Waals surface area contributed by atoms with Crippen LogP contribution in [0.1, 0.15) is 22.5 Å². The van der Waals surface area contributed by atoms with Gasteiger partial charge in [-0.25, -0.2) is 0 Å². The zero-order chi connectivity index (χ0) is 19.8. The number of benzene rings is 1. The molecule has 2 heterocycles. The largest absolute Gasteiger partial charge is 0.484 e. The average Bonchev–Trinajstić information content (AvgIpc) is 3.20. The number of hydrogen-bond acceptors (Lipinski definition) is 6. The lowest BCUT2D eigenvalue weighted by Gasteiger charge is -2.25. The average molecular weight is 404 g/mol. The molecule has 0 aliphatic carbocycles. The van der Waals surface area contributed by atoms with Gasteiger partial charge in [-0.1, -0.05) is 22.9 Å². The van der Waals surface area contributed by atoms with Gasteiger partial charge in [-0.3, -0.25) is 14.3 Å². The number of nitrogens with one attached hydrogen (secondary N) is 1. The zero-order valence-electron chi connectivity index (χ0n) is 16.0. The van der Waals surface area contributed by atoms with E-state index in [1.807, 2.05) is 47.9 Å². The second kappa shape index (κ2) is 10.1. The van der Waals surface area contributed by atoms with Crippen molar-refractivity contribution in [3.63, 3.8) is 0 Å². The Bertz CT molecular complexity index is 787. The number of hydrogen-bond donors (Lipinski definition) is 1. The van der Waals surface area contributed by atoms with E-state index in [0.717, 1.165) is 30.2 Å². The molecule has 0 atom stereocenters. The number of thioether (sulfide) groups is 1. The Labute approximate surface area is 168 Å². The van der Waals surface area contributed by atoms with E-state index in [2.05, 4.69) is 15.6 Å². The summed E-state index contributed by atoms with van der Waals surface area (Å²) in [5.74, 6) is 2.37. The number of aryl methyl sites for hydroxylation is 2. The van der Waals surface area contributed by atoms with E-state index in [-0.39, 0.29) is 18.4 Å². The van der Waals surface area contributed by atoms with E-state index in [1.165, 1.54) is 0 Å². The molecule has 8 nitrogen and oxygen atoms in total. The van der Waals surface area contributed by atoms with Crippen LogP contribution in [-0.4, -0.2) is 69.5 Å². The van der Waals surface area contributed by atoms with E-state index in [1.54, 1.807) is 10.9 Å². The Balaban J connectivity index is 1.33. The molecule has 9 heteroatoms. The van der Waals surface area contributed by atoms with Crippen molar-refractivity contribution in [1.29, 1.82) is 0 Å². The first kappa shape index (κ1) is 20.2. The van der Waals surface area contributed by atoms with Gasteiger partial charge in [0.25, 0.3) is 11.8 Å². The van der Waals surface area contributed by atoms with Crippen molar-refractivity contribution in [2.75, 3.05) is 37.7 Å². The minimum atomic E-state index is -0.169. The molecule has 28 heavy (non-hydrogen) atoms. The standard InChI is InChI=1S/C19H25N5O3S/c1-15-3-5-16(6-4-15)27-14-18(25)20-7-2-8-24-13-17(21-22-24)19(26)23-9-11-28-12-10-23/h3-6,13H,2,7-12,14H2,1H3,(H,20,25). The Morgan fingerprint density at radius 3 is 2.71 bits per heavy atom. The van der Waals surface area contributed by atoms with E-state index in [4.69, 9.17) is 4.74 Å². The van der Waals surface area contributed by atoms with Gasteiger partial charge in [-0.05, 0) is 25.5 Å². The van der Waals surface area contributed by atoms with Gasteiger partial charge in [0.2, 0.25) is 0 Å². The molecule has 0 saturated carbocycles. The summed E-state index contributed by atoms with van der Waals surface area (Å²) in [6, 6.07) is 7.56. The van der Waals surface area contributed by atoms with Gasteiger partial charge in [-0.15, -0.1) is 5.10 Å². The van der Waals surface area contributed by atoms with Crippen LogP contribution >= 0.6 is 11.8 Å². The highest BCUT2D eigenvalue weighted by Gasteiger charge is 2.20. The molecule has 1 aromatic heterocycles. The summed E-state index contributed by atoms with van der Waals surface area (Å²) < 4.78 is 7.08. The SMILES string of the molecule is Cc1ccc(OCC(=O)NCCCn2cc(C(=O)N3CCSCC3)nn2)cc1. The maximum atomic E-state index is 12.4. The summed E-state index contributed by atoms with van der Waals surface area (Å²) in [6.45, 7) is 4.58. The van der Waals surface area contributed by atoms with Gasteiger partial charge in [0.1, 0.15) is 5.75 Å². The first-order valence-electron chi connectivity index (χ1n) is 9.35. The van der Waals surface area contributed by atoms with Crippen LogP contribution in [0.3, 0.4) is 0 Å². The van der Waals surface area contributed by atoms with Crippen molar-refractivity contribution in [2.45, 2.75) is 19.9 Å². The molecule has 1 fully saturated rings. The first-order chi connectivity index (χ1) is 13.6. The number of nitrogens with zero attached hydrogens (tertiary/aromatic N) is 4. The molecule has 1 aliphatic heterocycles. The molecule has 2 aromatic rings. The monoisotopic (exact) mass is 403 g/mol. The van der Waals surface area contributed by atoms with Crippen LogP contribution < -0.4 is 10.1 Å². The normalized spacial score (nSPS) is 14.0. The Kier molecular flexibility index (Phi) is 7.30. The first-order valence-corrected chi connectivity index (χ1v) is 10.5. The third kappa shape index (κ3) is 5.98. The molecule has 150 valence electrons. The number of rotatable bonds is 8. The predicted molar refractivity (Wildman–Crippen MR) is 108 cm³/mol. The Morgan fingerprint density at radius 2 is 1.96 bits per heavy atom. The third-order valence-electron chi connectivity index (χ3n) is 4.33. The molecule has 0 bridgehead atoms. The summed E-state index contributed by atoms with van der Waals surface area (Å²) in [5, 5.41) is 10.8. The molecule has 0 radical (unpaired) electrons. The van der Waals surface area contributed by atoms with Crippen molar-refractivity contribution in [2.24, 2.45) is 0 Å². The van der Waals surface area contributed by atoms with Crippen molar-refractivity contribution >= 4 is 23.6 Å². The van der Waals surface area contributed by atoms with Crippen LogP contribution in [0.5, 0.6) is 5.75 Å². The van der Waals surface area contributed by atoms with Crippen LogP contribution in [0, 0.1) is 6.92 Å². The maximum Gasteiger partial charge on any atom is 0.276 e. The summed E-state index contributed by atoms with van der Waals surface area (Å²) in [7, 11) is 0. The fourth-order valence-electron chi connectivity index (χ4n) is 2.74. The van der Waals surface area contributed by atoms with Gasteiger partial charge in [-0.2, -0.15) is 11.8 Å². The number of amides is 2. The molecule has 0 spiro atoms. The molecular formula is C19H25N5O3S. The second-order valence-electron chi connectivity index (χ2n) is 6.58. The fourth-order valence-corrected chi connectivity index (χ4v) is 3.64. The highest BCUT2D eigenvalue weighted by atomic mass is 32.2. The van der Waals surface area contributed by atoms with Gasteiger partial charge in [0.15, 0.2) is 12.3 Å². The molecular weight excluding hydrogens is 378 g/mol. The van der Waals surface area contributed by atoms with Gasteiger partial charge < -0.3 is 15.0 Å². The van der Waals surface area contributed by atoms with E-state index >= 15 is 0 Å². The number of aromatic nitrogens is 3. The Hall–Kier alpha value is -2.55. The van der Waals surface area contributed by atoms with Crippen molar-refractivity contribution in [3.8, 4) is 5.75 Å². The summed E-state index contributed by atoms with van der Waals surface area (Å²) in [6.07, 6.45) is 2.36. The maximum absolute atomic E-state index is 12.4. The van der Waals surface area contributed by atoms with Crippen LogP contribution in [0.25, 0.3) is 0 Å².